The molecule has 160 valence electrons. The quantitative estimate of drug-likeness (QED) is 0.527. The van der Waals surface area contributed by atoms with E-state index in [2.05, 4.69) is 13.8 Å². The van der Waals surface area contributed by atoms with Gasteiger partial charge in [-0.15, -0.1) is 0 Å². The molecule has 2 aromatic carbocycles. The second-order valence-corrected chi connectivity index (χ2v) is 11.0. The Bertz CT molecular complexity index is 955. The van der Waals surface area contributed by atoms with E-state index in [1.165, 1.54) is 24.3 Å². The zero-order valence-electron chi connectivity index (χ0n) is 16.8. The van der Waals surface area contributed by atoms with Gasteiger partial charge in [-0.3, -0.25) is 9.11 Å². The standard InChI is InChI=1S/C20H27NO6S2/c1-14(2)13-16-9-11-17(12-10-16)15(3)20(22)27-21-29(25,26)19-8-6-5-7-18(19)28(4,23)24/h5-12,14-15,21,25-26H,13H2,1-4H3/t15-/m0/s1. The second kappa shape index (κ2) is 9.27. The summed E-state index contributed by atoms with van der Waals surface area (Å²) in [6.45, 7) is 5.89. The number of sulfone groups is 1. The Morgan fingerprint density at radius 1 is 1.00 bits per heavy atom. The van der Waals surface area contributed by atoms with E-state index in [0.717, 1.165) is 23.8 Å². The van der Waals surface area contributed by atoms with Gasteiger partial charge in [-0.1, -0.05) is 61.0 Å². The van der Waals surface area contributed by atoms with Crippen LogP contribution in [-0.4, -0.2) is 29.7 Å². The van der Waals surface area contributed by atoms with Gasteiger partial charge in [0.2, 0.25) is 0 Å². The number of hydrogen-bond acceptors (Lipinski definition) is 7. The van der Waals surface area contributed by atoms with Crippen LogP contribution in [0.3, 0.4) is 0 Å². The predicted octanol–water partition coefficient (Wildman–Crippen LogP) is 4.16. The minimum atomic E-state index is -3.88. The maximum Gasteiger partial charge on any atom is 0.334 e. The highest BCUT2D eigenvalue weighted by Gasteiger charge is 2.27. The highest BCUT2D eigenvalue weighted by atomic mass is 32.3. The van der Waals surface area contributed by atoms with Gasteiger partial charge in [-0.25, -0.2) is 13.2 Å². The highest BCUT2D eigenvalue weighted by molar-refractivity contribution is 8.22. The van der Waals surface area contributed by atoms with E-state index in [1.807, 2.05) is 29.2 Å². The van der Waals surface area contributed by atoms with Gasteiger partial charge in [-0.2, -0.15) is 0 Å². The summed E-state index contributed by atoms with van der Waals surface area (Å²) in [7, 11) is -7.58. The lowest BCUT2D eigenvalue weighted by atomic mass is 9.97. The smallest absolute Gasteiger partial charge is 0.334 e. The maximum absolute atomic E-state index is 12.4. The Balaban J connectivity index is 2.10. The van der Waals surface area contributed by atoms with Crippen LogP contribution in [0.5, 0.6) is 0 Å². The average molecular weight is 442 g/mol. The van der Waals surface area contributed by atoms with Crippen LogP contribution in [0.4, 0.5) is 0 Å². The molecule has 0 aliphatic carbocycles. The first-order valence-corrected chi connectivity index (χ1v) is 12.5. The van der Waals surface area contributed by atoms with E-state index in [-0.39, 0.29) is 9.79 Å². The lowest BCUT2D eigenvalue weighted by Crippen LogP contribution is -2.27. The Kier molecular flexibility index (Phi) is 7.47. The minimum absolute atomic E-state index is 0.252. The van der Waals surface area contributed by atoms with Crippen molar-refractivity contribution < 1.29 is 27.2 Å². The lowest BCUT2D eigenvalue weighted by molar-refractivity contribution is -0.148. The summed E-state index contributed by atoms with van der Waals surface area (Å²) in [6, 6.07) is 13.0. The van der Waals surface area contributed by atoms with Crippen LogP contribution in [0, 0.1) is 5.92 Å². The summed E-state index contributed by atoms with van der Waals surface area (Å²) in [4.78, 5) is 18.7. The molecule has 0 amide bonds. The molecule has 0 heterocycles. The van der Waals surface area contributed by atoms with Crippen LogP contribution in [0.2, 0.25) is 0 Å². The van der Waals surface area contributed by atoms with Crippen molar-refractivity contribution in [1.29, 1.82) is 0 Å². The number of benzene rings is 2. The van der Waals surface area contributed by atoms with E-state index in [9.17, 15) is 22.3 Å². The van der Waals surface area contributed by atoms with Gasteiger partial charge in [0.25, 0.3) is 0 Å². The second-order valence-electron chi connectivity index (χ2n) is 7.33. The molecular weight excluding hydrogens is 414 g/mol. The van der Waals surface area contributed by atoms with Gasteiger partial charge in [0.1, 0.15) is 0 Å². The van der Waals surface area contributed by atoms with Gasteiger partial charge in [0.05, 0.1) is 15.7 Å². The van der Waals surface area contributed by atoms with E-state index < -0.39 is 32.5 Å². The SMILES string of the molecule is CC(C)Cc1ccc([C@H](C)C(=O)ONS(O)(O)c2ccccc2S(C)(=O)=O)cc1. The van der Waals surface area contributed by atoms with Crippen molar-refractivity contribution in [2.45, 2.75) is 42.9 Å². The molecule has 0 aliphatic rings. The number of carbonyl (C=O) groups is 1. The van der Waals surface area contributed by atoms with Gasteiger partial charge in [0, 0.05) is 6.26 Å². The third-order valence-electron chi connectivity index (χ3n) is 4.29. The highest BCUT2D eigenvalue weighted by Crippen LogP contribution is 2.47. The molecule has 0 saturated carbocycles. The van der Waals surface area contributed by atoms with Crippen molar-refractivity contribution in [2.75, 3.05) is 6.26 Å². The fourth-order valence-electron chi connectivity index (χ4n) is 2.77. The Labute approximate surface area is 173 Å². The lowest BCUT2D eigenvalue weighted by Gasteiger charge is -2.32. The van der Waals surface area contributed by atoms with Crippen molar-refractivity contribution in [3.8, 4) is 0 Å². The van der Waals surface area contributed by atoms with Crippen LogP contribution in [0.25, 0.3) is 0 Å². The molecule has 2 aromatic rings. The summed E-state index contributed by atoms with van der Waals surface area (Å²) >= 11 is 0. The first kappa shape index (κ1) is 23.4. The third kappa shape index (κ3) is 6.28. The van der Waals surface area contributed by atoms with Gasteiger partial charge in [-0.05, 0) is 47.4 Å². The van der Waals surface area contributed by atoms with Gasteiger partial charge in [0.15, 0.2) is 9.84 Å². The Morgan fingerprint density at radius 2 is 1.55 bits per heavy atom. The first-order chi connectivity index (χ1) is 13.4. The van der Waals surface area contributed by atoms with Crippen molar-refractivity contribution in [1.82, 2.24) is 4.89 Å². The monoisotopic (exact) mass is 441 g/mol. The Hall–Kier alpha value is -1.91. The molecule has 0 spiro atoms. The van der Waals surface area contributed by atoms with Crippen molar-refractivity contribution in [3.63, 3.8) is 0 Å². The average Bonchev–Trinajstić information content (AvgIpc) is 2.65. The zero-order chi connectivity index (χ0) is 21.8. The number of hydrogen-bond donors (Lipinski definition) is 3. The molecule has 0 bridgehead atoms. The van der Waals surface area contributed by atoms with Crippen LogP contribution in [0.15, 0.2) is 58.3 Å². The van der Waals surface area contributed by atoms with Crippen molar-refractivity contribution in [2.24, 2.45) is 5.92 Å². The molecule has 0 unspecified atom stereocenters. The first-order valence-electron chi connectivity index (χ1n) is 9.05. The summed E-state index contributed by atoms with van der Waals surface area (Å²) in [5.74, 6) is -0.859. The molecule has 3 N–H and O–H groups in total. The summed E-state index contributed by atoms with van der Waals surface area (Å²) < 4.78 is 44.4. The maximum atomic E-state index is 12.4. The van der Waals surface area contributed by atoms with Crippen molar-refractivity contribution >= 4 is 26.6 Å². The van der Waals surface area contributed by atoms with E-state index in [0.29, 0.717) is 5.92 Å². The molecule has 0 fully saturated rings. The number of carbonyl (C=O) groups excluding carboxylic acids is 1. The fraction of sp³-hybridized carbons (Fsp3) is 0.350. The van der Waals surface area contributed by atoms with E-state index >= 15 is 0 Å². The van der Waals surface area contributed by atoms with Crippen LogP contribution >= 0.6 is 10.8 Å². The van der Waals surface area contributed by atoms with Crippen LogP contribution in [0.1, 0.15) is 37.8 Å². The molecule has 0 aromatic heterocycles. The molecule has 0 radical (unpaired) electrons. The van der Waals surface area contributed by atoms with Crippen LogP contribution in [-0.2, 0) is 25.9 Å². The topological polar surface area (TPSA) is 113 Å². The summed E-state index contributed by atoms with van der Waals surface area (Å²) in [5, 5.41) is 0. The summed E-state index contributed by atoms with van der Waals surface area (Å²) in [5.41, 5.74) is 1.88. The number of rotatable bonds is 8. The normalized spacial score (nSPS) is 13.9. The molecule has 2 rings (SSSR count). The van der Waals surface area contributed by atoms with Crippen molar-refractivity contribution in [3.05, 3.63) is 59.7 Å². The molecule has 1 atom stereocenters. The third-order valence-corrected chi connectivity index (χ3v) is 6.86. The fourth-order valence-corrected chi connectivity index (χ4v) is 5.24. The minimum Gasteiger partial charge on any atom is -0.351 e. The molecule has 0 aliphatic heterocycles. The van der Waals surface area contributed by atoms with Gasteiger partial charge >= 0.3 is 5.97 Å². The zero-order valence-corrected chi connectivity index (χ0v) is 18.5. The molecule has 0 saturated heterocycles. The predicted molar refractivity (Wildman–Crippen MR) is 113 cm³/mol. The van der Waals surface area contributed by atoms with E-state index in [1.54, 1.807) is 6.92 Å². The summed E-state index contributed by atoms with van der Waals surface area (Å²) in [6.07, 6.45) is 1.89. The molecule has 9 heteroatoms. The largest absolute Gasteiger partial charge is 0.351 e. The molecule has 29 heavy (non-hydrogen) atoms. The number of nitrogens with one attached hydrogen (secondary N) is 1. The molecular formula is C20H27NO6S2. The van der Waals surface area contributed by atoms with Gasteiger partial charge < -0.3 is 4.84 Å². The van der Waals surface area contributed by atoms with E-state index in [4.69, 9.17) is 4.84 Å². The van der Waals surface area contributed by atoms with Crippen LogP contribution < -0.4 is 4.89 Å². The molecule has 7 nitrogen and oxygen atoms in total. The Morgan fingerprint density at radius 3 is 2.07 bits per heavy atom.